The van der Waals surface area contributed by atoms with Crippen molar-refractivity contribution in [3.63, 3.8) is 0 Å². The van der Waals surface area contributed by atoms with Crippen molar-refractivity contribution in [2.75, 3.05) is 6.61 Å². The summed E-state index contributed by atoms with van der Waals surface area (Å²) in [5.74, 6) is 0. The number of hydrogen-bond donors (Lipinski definition) is 0. The Balaban J connectivity index is 0.00000154. The molecular weight excluding hydrogens is 353 g/mol. The molecule has 0 saturated carbocycles. The Morgan fingerprint density at radius 3 is 2.37 bits per heavy atom. The predicted molar refractivity (Wildman–Crippen MR) is 82.9 cm³/mol. The standard InChI is InChI=1S/C16H23O.BrH.Zn/c1-13(2)12-17-14(3)11-16(4,5)15-9-7-6-8-10-15;;/h6-10,14H,1-2,11-12H2,3-5H3;1H;/q-1;;+2/p-1. The molecule has 0 aliphatic rings. The van der Waals surface area contributed by atoms with Gasteiger partial charge in [-0.3, -0.25) is 0 Å². The normalized spacial score (nSPS) is 12.3. The van der Waals surface area contributed by atoms with E-state index in [0.29, 0.717) is 6.61 Å². The van der Waals surface area contributed by atoms with Gasteiger partial charge in [-0.25, -0.2) is 13.5 Å². The molecule has 1 unspecified atom stereocenters. The fourth-order valence-electron chi connectivity index (χ4n) is 2.04. The number of benzene rings is 1. The van der Waals surface area contributed by atoms with Gasteiger partial charge in [-0.15, -0.1) is 0 Å². The van der Waals surface area contributed by atoms with Crippen LogP contribution >= 0.6 is 13.6 Å². The third-order valence-electron chi connectivity index (χ3n) is 2.93. The monoisotopic (exact) mass is 374 g/mol. The van der Waals surface area contributed by atoms with Gasteiger partial charge in [0.2, 0.25) is 0 Å². The Hall–Kier alpha value is -0.107. The van der Waals surface area contributed by atoms with Crippen molar-refractivity contribution in [1.82, 2.24) is 0 Å². The molecule has 0 bridgehead atoms. The van der Waals surface area contributed by atoms with Crippen LogP contribution in [0.15, 0.2) is 42.5 Å². The second-order valence-electron chi connectivity index (χ2n) is 5.33. The third-order valence-corrected chi connectivity index (χ3v) is 2.93. The Bertz CT molecular complexity index is 362. The van der Waals surface area contributed by atoms with Gasteiger partial charge in [-0.2, -0.15) is 5.57 Å². The van der Waals surface area contributed by atoms with E-state index in [2.05, 4.69) is 72.2 Å². The first-order chi connectivity index (χ1) is 8.92. The van der Waals surface area contributed by atoms with Gasteiger partial charge in [-0.05, 0) is 24.3 Å². The molecule has 0 aliphatic heterocycles. The van der Waals surface area contributed by atoms with Crippen molar-refractivity contribution in [3.8, 4) is 0 Å². The van der Waals surface area contributed by atoms with Gasteiger partial charge in [0.05, 0.1) is 6.10 Å². The molecular formula is C16H23BrOZn. The zero-order chi connectivity index (χ0) is 14.9. The van der Waals surface area contributed by atoms with E-state index in [-0.39, 0.29) is 11.5 Å². The summed E-state index contributed by atoms with van der Waals surface area (Å²) in [5.41, 5.74) is 2.31. The van der Waals surface area contributed by atoms with Gasteiger partial charge < -0.3 is 4.74 Å². The molecule has 0 fully saturated rings. The number of hydrogen-bond acceptors (Lipinski definition) is 1. The minimum absolute atomic E-state index is 0.128. The second-order valence-corrected chi connectivity index (χ2v) is 5.33. The van der Waals surface area contributed by atoms with Crippen molar-refractivity contribution in [3.05, 3.63) is 55.0 Å². The first-order valence-electron chi connectivity index (χ1n) is 6.35. The predicted octanol–water partition coefficient (Wildman–Crippen LogP) is 4.99. The van der Waals surface area contributed by atoms with Gasteiger partial charge in [-0.1, -0.05) is 44.2 Å². The first kappa shape index (κ1) is 18.9. The fourth-order valence-corrected chi connectivity index (χ4v) is 2.04. The van der Waals surface area contributed by atoms with E-state index in [1.54, 1.807) is 0 Å². The molecule has 0 amide bonds. The summed E-state index contributed by atoms with van der Waals surface area (Å²) in [6.07, 6.45) is 1.20. The number of rotatable bonds is 6. The van der Waals surface area contributed by atoms with E-state index in [4.69, 9.17) is 4.74 Å². The molecule has 19 heavy (non-hydrogen) atoms. The molecule has 0 heterocycles. The van der Waals surface area contributed by atoms with E-state index >= 15 is 0 Å². The zero-order valence-corrected chi connectivity index (χ0v) is 16.8. The zero-order valence-electron chi connectivity index (χ0n) is 12.3. The average Bonchev–Trinajstić information content (AvgIpc) is 2.39. The van der Waals surface area contributed by atoms with Gasteiger partial charge in [0.15, 0.2) is 0 Å². The molecule has 1 rings (SSSR count). The topological polar surface area (TPSA) is 9.23 Å². The molecule has 0 saturated heterocycles. The van der Waals surface area contributed by atoms with E-state index in [1.807, 2.05) is 6.07 Å². The van der Waals surface area contributed by atoms with E-state index < -0.39 is 0 Å². The second kappa shape index (κ2) is 9.74. The minimum atomic E-state index is 0.128. The van der Waals surface area contributed by atoms with Gasteiger partial charge in [0.25, 0.3) is 0 Å². The Morgan fingerprint density at radius 1 is 1.37 bits per heavy atom. The number of ether oxygens (including phenoxy) is 1. The summed E-state index contributed by atoms with van der Waals surface area (Å²) in [7, 11) is 0. The van der Waals surface area contributed by atoms with E-state index in [9.17, 15) is 0 Å². The molecule has 0 N–H and O–H groups in total. The van der Waals surface area contributed by atoms with Crippen molar-refractivity contribution in [2.45, 2.75) is 38.7 Å². The fraction of sp³-hybridized carbons (Fsp3) is 0.438. The van der Waals surface area contributed by atoms with Crippen LogP contribution in [0.5, 0.6) is 0 Å². The van der Waals surface area contributed by atoms with Crippen molar-refractivity contribution >= 4 is 13.6 Å². The van der Waals surface area contributed by atoms with Crippen LogP contribution in [0.3, 0.4) is 0 Å². The molecule has 0 aromatic heterocycles. The van der Waals surface area contributed by atoms with Gasteiger partial charge in [0.1, 0.15) is 0 Å². The molecule has 0 spiro atoms. The molecule has 0 radical (unpaired) electrons. The van der Waals surface area contributed by atoms with Crippen LogP contribution in [-0.4, -0.2) is 12.7 Å². The first-order valence-corrected chi connectivity index (χ1v) is 13.3. The van der Waals surface area contributed by atoms with Crippen LogP contribution in [0.1, 0.15) is 32.8 Å². The maximum absolute atomic E-state index is 5.70. The van der Waals surface area contributed by atoms with E-state index in [1.165, 1.54) is 21.9 Å². The maximum atomic E-state index is 5.70. The molecule has 1 aromatic rings. The van der Waals surface area contributed by atoms with Crippen LogP contribution < -0.4 is 0 Å². The summed E-state index contributed by atoms with van der Waals surface area (Å²) < 4.78 is 5.70. The molecule has 102 valence electrons. The summed E-state index contributed by atoms with van der Waals surface area (Å²) >= 11 is 4.25. The van der Waals surface area contributed by atoms with E-state index in [0.717, 1.165) is 12.0 Å². The summed E-state index contributed by atoms with van der Waals surface area (Å²) in [5, 5.41) is 0. The summed E-state index contributed by atoms with van der Waals surface area (Å²) in [6, 6.07) is 10.6. The van der Waals surface area contributed by atoms with Crippen LogP contribution in [-0.2, 0) is 26.5 Å². The Kier molecular flexibility index (Phi) is 9.69. The van der Waals surface area contributed by atoms with Gasteiger partial charge in [0, 0.05) is 6.61 Å². The third kappa shape index (κ3) is 7.92. The SMILES string of the molecule is C=C([CH2-])COC(C)CC(C)(C)c1ccccc1.[Zn+][Br]. The molecule has 1 nitrogen and oxygen atoms in total. The van der Waals surface area contributed by atoms with Crippen molar-refractivity contribution in [2.24, 2.45) is 0 Å². The molecule has 3 heteroatoms. The average molecular weight is 377 g/mol. The molecule has 1 aromatic carbocycles. The summed E-state index contributed by atoms with van der Waals surface area (Å²) in [6.45, 7) is 14.6. The van der Waals surface area contributed by atoms with Crippen LogP contribution in [0.2, 0.25) is 0 Å². The van der Waals surface area contributed by atoms with Crippen molar-refractivity contribution in [1.29, 1.82) is 0 Å². The Labute approximate surface area is 134 Å². The molecule has 0 aliphatic carbocycles. The van der Waals surface area contributed by atoms with Crippen LogP contribution in [0, 0.1) is 6.92 Å². The summed E-state index contributed by atoms with van der Waals surface area (Å²) in [4.78, 5) is 0. The van der Waals surface area contributed by atoms with Crippen LogP contribution in [0.25, 0.3) is 0 Å². The van der Waals surface area contributed by atoms with Crippen LogP contribution in [0.4, 0.5) is 0 Å². The Morgan fingerprint density at radius 2 is 1.89 bits per heavy atom. The quantitative estimate of drug-likeness (QED) is 0.502. The van der Waals surface area contributed by atoms with Gasteiger partial charge >= 0.3 is 30.0 Å². The molecule has 1 atom stereocenters. The number of halogens is 1. The van der Waals surface area contributed by atoms with Crippen molar-refractivity contribution < 1.29 is 21.1 Å².